The van der Waals surface area contributed by atoms with Gasteiger partial charge in [-0.15, -0.1) is 11.3 Å². The first-order chi connectivity index (χ1) is 9.84. The highest BCUT2D eigenvalue weighted by Crippen LogP contribution is 2.30. The summed E-state index contributed by atoms with van der Waals surface area (Å²) in [6.45, 7) is 0. The van der Waals surface area contributed by atoms with Gasteiger partial charge in [-0.05, 0) is 29.6 Å². The van der Waals surface area contributed by atoms with Crippen LogP contribution in [0.25, 0.3) is 32.2 Å². The molecule has 2 aromatic heterocycles. The van der Waals surface area contributed by atoms with Gasteiger partial charge in [0.05, 0.1) is 10.9 Å². The van der Waals surface area contributed by atoms with Crippen LogP contribution in [0.2, 0.25) is 0 Å². The van der Waals surface area contributed by atoms with Crippen LogP contribution >= 0.6 is 11.3 Å². The van der Waals surface area contributed by atoms with Gasteiger partial charge < -0.3 is 4.98 Å². The molecular formula is C17H11NOS. The molecule has 4 rings (SSSR count). The molecule has 96 valence electrons. The SMILES string of the molecule is O=c1c2ccccc2[nH]c2cccc(-c3cccs3)c12. The Morgan fingerprint density at radius 1 is 0.850 bits per heavy atom. The first-order valence-electron chi connectivity index (χ1n) is 6.42. The third-order valence-electron chi connectivity index (χ3n) is 3.52. The molecule has 2 nitrogen and oxygen atoms in total. The number of fused-ring (bicyclic) bond motifs is 2. The second kappa shape index (κ2) is 4.32. The Bertz CT molecular complexity index is 967. The van der Waals surface area contributed by atoms with Crippen LogP contribution in [0, 0.1) is 0 Å². The van der Waals surface area contributed by atoms with Crippen molar-refractivity contribution in [1.29, 1.82) is 0 Å². The van der Waals surface area contributed by atoms with Crippen molar-refractivity contribution in [3.63, 3.8) is 0 Å². The molecule has 1 N–H and O–H groups in total. The number of pyridine rings is 1. The first-order valence-corrected chi connectivity index (χ1v) is 7.30. The summed E-state index contributed by atoms with van der Waals surface area (Å²) in [5, 5.41) is 3.54. The van der Waals surface area contributed by atoms with Gasteiger partial charge in [0.25, 0.3) is 0 Å². The Morgan fingerprint density at radius 3 is 2.55 bits per heavy atom. The molecule has 4 aromatic rings. The fraction of sp³-hybridized carbons (Fsp3) is 0. The lowest BCUT2D eigenvalue weighted by molar-refractivity contribution is 1.48. The van der Waals surface area contributed by atoms with E-state index in [9.17, 15) is 4.79 Å². The minimum Gasteiger partial charge on any atom is -0.354 e. The van der Waals surface area contributed by atoms with Crippen LogP contribution < -0.4 is 5.43 Å². The van der Waals surface area contributed by atoms with Crippen LogP contribution in [-0.4, -0.2) is 4.98 Å². The van der Waals surface area contributed by atoms with Crippen molar-refractivity contribution in [2.24, 2.45) is 0 Å². The summed E-state index contributed by atoms with van der Waals surface area (Å²) in [5.41, 5.74) is 2.87. The van der Waals surface area contributed by atoms with Crippen LogP contribution in [0.15, 0.2) is 64.8 Å². The number of nitrogens with one attached hydrogen (secondary N) is 1. The summed E-state index contributed by atoms with van der Waals surface area (Å²) >= 11 is 1.65. The molecule has 0 radical (unpaired) electrons. The van der Waals surface area contributed by atoms with Gasteiger partial charge >= 0.3 is 0 Å². The van der Waals surface area contributed by atoms with Crippen LogP contribution in [0.3, 0.4) is 0 Å². The zero-order chi connectivity index (χ0) is 13.5. The number of thiophene rings is 1. The summed E-state index contributed by atoms with van der Waals surface area (Å²) in [7, 11) is 0. The molecular weight excluding hydrogens is 266 g/mol. The molecule has 0 saturated heterocycles. The lowest BCUT2D eigenvalue weighted by Crippen LogP contribution is -2.05. The van der Waals surface area contributed by atoms with Crippen LogP contribution in [-0.2, 0) is 0 Å². The molecule has 0 saturated carbocycles. The standard InChI is InChI=1S/C17H11NOS/c19-17-11-5-1-2-7-13(11)18-14-8-3-6-12(16(14)17)15-9-4-10-20-15/h1-10H,(H,18,19). The molecule has 2 aromatic carbocycles. The van der Waals surface area contributed by atoms with Gasteiger partial charge in [0.15, 0.2) is 5.43 Å². The van der Waals surface area contributed by atoms with Crippen LogP contribution in [0.4, 0.5) is 0 Å². The molecule has 20 heavy (non-hydrogen) atoms. The maximum Gasteiger partial charge on any atom is 0.197 e. The van der Waals surface area contributed by atoms with E-state index < -0.39 is 0 Å². The topological polar surface area (TPSA) is 32.9 Å². The van der Waals surface area contributed by atoms with E-state index in [0.717, 1.165) is 32.2 Å². The van der Waals surface area contributed by atoms with Crippen molar-refractivity contribution in [3.05, 3.63) is 70.2 Å². The molecule has 0 unspecified atom stereocenters. The Balaban J connectivity index is 2.23. The third kappa shape index (κ3) is 1.60. The smallest absolute Gasteiger partial charge is 0.197 e. The Labute approximate surface area is 119 Å². The van der Waals surface area contributed by atoms with Crippen LogP contribution in [0.5, 0.6) is 0 Å². The van der Waals surface area contributed by atoms with Crippen molar-refractivity contribution in [2.75, 3.05) is 0 Å². The number of para-hydroxylation sites is 1. The van der Waals surface area contributed by atoms with E-state index in [-0.39, 0.29) is 5.43 Å². The normalized spacial score (nSPS) is 11.2. The maximum atomic E-state index is 12.8. The number of aromatic nitrogens is 1. The van der Waals surface area contributed by atoms with Crippen molar-refractivity contribution in [2.45, 2.75) is 0 Å². The Kier molecular flexibility index (Phi) is 2.47. The molecule has 0 aliphatic rings. The highest BCUT2D eigenvalue weighted by Gasteiger charge is 2.10. The van der Waals surface area contributed by atoms with Crippen LogP contribution in [0.1, 0.15) is 0 Å². The highest BCUT2D eigenvalue weighted by molar-refractivity contribution is 7.13. The zero-order valence-electron chi connectivity index (χ0n) is 10.6. The largest absolute Gasteiger partial charge is 0.354 e. The second-order valence-electron chi connectivity index (χ2n) is 4.71. The zero-order valence-corrected chi connectivity index (χ0v) is 11.4. The van der Waals surface area contributed by atoms with Gasteiger partial charge in [-0.2, -0.15) is 0 Å². The van der Waals surface area contributed by atoms with E-state index in [0.29, 0.717) is 0 Å². The highest BCUT2D eigenvalue weighted by atomic mass is 32.1. The average molecular weight is 277 g/mol. The third-order valence-corrected chi connectivity index (χ3v) is 4.42. The first kappa shape index (κ1) is 11.4. The van der Waals surface area contributed by atoms with E-state index in [1.807, 2.05) is 60.0 Å². The molecule has 0 fully saturated rings. The van der Waals surface area contributed by atoms with Gasteiger partial charge in [-0.3, -0.25) is 4.79 Å². The van der Waals surface area contributed by atoms with Gasteiger partial charge in [0, 0.05) is 21.3 Å². The maximum absolute atomic E-state index is 12.8. The number of rotatable bonds is 1. The van der Waals surface area contributed by atoms with Gasteiger partial charge in [-0.1, -0.05) is 30.3 Å². The van der Waals surface area contributed by atoms with Crippen molar-refractivity contribution >= 4 is 33.1 Å². The van der Waals surface area contributed by atoms with Crippen molar-refractivity contribution < 1.29 is 0 Å². The summed E-state index contributed by atoms with van der Waals surface area (Å²) in [4.78, 5) is 17.3. The Hall–Kier alpha value is -2.39. The summed E-state index contributed by atoms with van der Waals surface area (Å²) in [6, 6.07) is 17.7. The molecule has 0 spiro atoms. The fourth-order valence-electron chi connectivity index (χ4n) is 2.61. The predicted octanol–water partition coefficient (Wildman–Crippen LogP) is 4.41. The minimum atomic E-state index is 0.0957. The monoisotopic (exact) mass is 277 g/mol. The Morgan fingerprint density at radius 2 is 1.70 bits per heavy atom. The number of aromatic amines is 1. The number of hydrogen-bond acceptors (Lipinski definition) is 2. The van der Waals surface area contributed by atoms with Gasteiger partial charge in [0.1, 0.15) is 0 Å². The number of H-pyrrole nitrogens is 1. The van der Waals surface area contributed by atoms with E-state index in [1.54, 1.807) is 11.3 Å². The van der Waals surface area contributed by atoms with E-state index >= 15 is 0 Å². The number of benzene rings is 2. The van der Waals surface area contributed by atoms with Crippen molar-refractivity contribution in [1.82, 2.24) is 4.98 Å². The van der Waals surface area contributed by atoms with Crippen molar-refractivity contribution in [3.8, 4) is 10.4 Å². The molecule has 2 heterocycles. The molecule has 0 aliphatic carbocycles. The molecule has 0 atom stereocenters. The predicted molar refractivity (Wildman–Crippen MR) is 85.4 cm³/mol. The molecule has 0 bridgehead atoms. The lowest BCUT2D eigenvalue weighted by atomic mass is 10.0. The summed E-state index contributed by atoms with van der Waals surface area (Å²) < 4.78 is 0. The summed E-state index contributed by atoms with van der Waals surface area (Å²) in [5.74, 6) is 0. The quantitative estimate of drug-likeness (QED) is 0.514. The fourth-order valence-corrected chi connectivity index (χ4v) is 3.37. The number of hydrogen-bond donors (Lipinski definition) is 1. The average Bonchev–Trinajstić information content (AvgIpc) is 3.01. The second-order valence-corrected chi connectivity index (χ2v) is 5.65. The van der Waals surface area contributed by atoms with Gasteiger partial charge in [-0.25, -0.2) is 0 Å². The summed E-state index contributed by atoms with van der Waals surface area (Å²) in [6.07, 6.45) is 0. The molecule has 3 heteroatoms. The van der Waals surface area contributed by atoms with E-state index in [4.69, 9.17) is 0 Å². The van der Waals surface area contributed by atoms with E-state index in [1.165, 1.54) is 0 Å². The minimum absolute atomic E-state index is 0.0957. The molecule has 0 aliphatic heterocycles. The molecule has 0 amide bonds. The lowest BCUT2D eigenvalue weighted by Gasteiger charge is -2.06. The van der Waals surface area contributed by atoms with E-state index in [2.05, 4.69) is 4.98 Å². The van der Waals surface area contributed by atoms with Gasteiger partial charge in [0.2, 0.25) is 0 Å².